The third-order valence-electron chi connectivity index (χ3n) is 6.54. The number of nitrogens with zero attached hydrogens (tertiary/aromatic N) is 2. The van der Waals surface area contributed by atoms with Gasteiger partial charge in [0.25, 0.3) is 0 Å². The van der Waals surface area contributed by atoms with Crippen LogP contribution in [0.5, 0.6) is 0 Å². The molecule has 0 aliphatic carbocycles. The molecule has 0 radical (unpaired) electrons. The smallest absolute Gasteiger partial charge is 0.244 e. The van der Waals surface area contributed by atoms with E-state index in [0.717, 1.165) is 39.2 Å². The normalized spacial score (nSPS) is 12.0. The Morgan fingerprint density at radius 3 is 2.05 bits per heavy atom. The van der Waals surface area contributed by atoms with Gasteiger partial charge in [-0.05, 0) is 48.6 Å². The van der Waals surface area contributed by atoms with Crippen LogP contribution in [0.25, 0.3) is 0 Å². The van der Waals surface area contributed by atoms with E-state index in [1.54, 1.807) is 12.1 Å². The van der Waals surface area contributed by atoms with Crippen molar-refractivity contribution in [1.82, 2.24) is 10.2 Å². The maximum Gasteiger partial charge on any atom is 0.244 e. The number of aryl methyl sites for hydroxylation is 1. The van der Waals surface area contributed by atoms with Gasteiger partial charge in [-0.25, -0.2) is 8.42 Å². The molecule has 0 heterocycles. The molecular weight excluding hydrogens is 498 g/mol. The van der Waals surface area contributed by atoms with Gasteiger partial charge in [0.05, 0.1) is 11.9 Å². The summed E-state index contributed by atoms with van der Waals surface area (Å²) in [6, 6.07) is 23.5. The number of benzene rings is 3. The summed E-state index contributed by atoms with van der Waals surface area (Å²) in [5.41, 5.74) is 3.91. The molecule has 0 fully saturated rings. The molecule has 0 aliphatic heterocycles. The molecule has 2 amide bonds. The minimum absolute atomic E-state index is 0.168. The Morgan fingerprint density at radius 2 is 1.47 bits per heavy atom. The van der Waals surface area contributed by atoms with E-state index in [4.69, 9.17) is 0 Å². The summed E-state index contributed by atoms with van der Waals surface area (Å²) in [5.74, 6) is -0.717. The lowest BCUT2D eigenvalue weighted by atomic mass is 10.0. The van der Waals surface area contributed by atoms with Gasteiger partial charge in [0.2, 0.25) is 21.8 Å². The van der Waals surface area contributed by atoms with Crippen molar-refractivity contribution < 1.29 is 18.0 Å². The molecule has 0 aliphatic rings. The van der Waals surface area contributed by atoms with E-state index in [0.29, 0.717) is 18.7 Å². The van der Waals surface area contributed by atoms with E-state index >= 15 is 0 Å². The summed E-state index contributed by atoms with van der Waals surface area (Å²) in [5, 5.41) is 2.94. The van der Waals surface area contributed by atoms with E-state index in [9.17, 15) is 18.0 Å². The Labute approximate surface area is 226 Å². The van der Waals surface area contributed by atoms with Crippen molar-refractivity contribution in [1.29, 1.82) is 0 Å². The molecule has 38 heavy (non-hydrogen) atoms. The van der Waals surface area contributed by atoms with Crippen LogP contribution in [0.1, 0.15) is 35.6 Å². The summed E-state index contributed by atoms with van der Waals surface area (Å²) in [6.07, 6.45) is 2.15. The first-order valence-corrected chi connectivity index (χ1v) is 14.7. The fourth-order valence-corrected chi connectivity index (χ4v) is 5.20. The molecule has 8 heteroatoms. The zero-order valence-electron chi connectivity index (χ0n) is 22.6. The van der Waals surface area contributed by atoms with Crippen LogP contribution < -0.4 is 9.62 Å². The van der Waals surface area contributed by atoms with Crippen LogP contribution in [0.4, 0.5) is 5.69 Å². The molecule has 0 aromatic heterocycles. The summed E-state index contributed by atoms with van der Waals surface area (Å²) in [7, 11) is -3.79. The quantitative estimate of drug-likeness (QED) is 0.376. The second-order valence-corrected chi connectivity index (χ2v) is 11.4. The highest BCUT2D eigenvalue weighted by Gasteiger charge is 2.33. The molecule has 3 aromatic carbocycles. The zero-order chi connectivity index (χ0) is 27.7. The van der Waals surface area contributed by atoms with Crippen molar-refractivity contribution in [2.24, 2.45) is 0 Å². The summed E-state index contributed by atoms with van der Waals surface area (Å²) in [4.78, 5) is 29.0. The lowest BCUT2D eigenvalue weighted by Crippen LogP contribution is -2.53. The van der Waals surface area contributed by atoms with Crippen molar-refractivity contribution in [2.45, 2.75) is 46.2 Å². The van der Waals surface area contributed by atoms with Crippen LogP contribution in [-0.2, 0) is 32.6 Å². The Hall–Kier alpha value is -3.65. The molecule has 0 saturated carbocycles. The van der Waals surface area contributed by atoms with Crippen molar-refractivity contribution in [2.75, 3.05) is 23.7 Å². The van der Waals surface area contributed by atoms with Gasteiger partial charge in [-0.15, -0.1) is 0 Å². The fourth-order valence-electron chi connectivity index (χ4n) is 4.30. The number of hydrogen-bond donors (Lipinski definition) is 1. The van der Waals surface area contributed by atoms with Gasteiger partial charge >= 0.3 is 0 Å². The second-order valence-electron chi connectivity index (χ2n) is 9.49. The molecule has 0 spiro atoms. The number of rotatable bonds is 12. The Morgan fingerprint density at radius 1 is 0.868 bits per heavy atom. The minimum Gasteiger partial charge on any atom is -0.354 e. The summed E-state index contributed by atoms with van der Waals surface area (Å²) < 4.78 is 27.0. The first kappa shape index (κ1) is 28.9. The summed E-state index contributed by atoms with van der Waals surface area (Å²) >= 11 is 0. The van der Waals surface area contributed by atoms with Crippen molar-refractivity contribution in [3.05, 3.63) is 101 Å². The maximum absolute atomic E-state index is 14.0. The molecule has 0 unspecified atom stereocenters. The molecule has 1 N–H and O–H groups in total. The lowest BCUT2D eigenvalue weighted by molar-refractivity contribution is -0.140. The van der Waals surface area contributed by atoms with Gasteiger partial charge in [-0.1, -0.05) is 79.7 Å². The first-order valence-electron chi connectivity index (χ1n) is 12.8. The van der Waals surface area contributed by atoms with Gasteiger partial charge < -0.3 is 10.2 Å². The Bertz CT molecular complexity index is 1330. The number of sulfonamides is 1. The van der Waals surface area contributed by atoms with Crippen LogP contribution in [0.15, 0.2) is 78.9 Å². The number of carbonyl (C=O) groups is 2. The van der Waals surface area contributed by atoms with Crippen molar-refractivity contribution in [3.63, 3.8) is 0 Å². The average molecular weight is 536 g/mol. The topological polar surface area (TPSA) is 86.8 Å². The molecule has 3 rings (SSSR count). The first-order chi connectivity index (χ1) is 18.1. The van der Waals surface area contributed by atoms with Crippen LogP contribution in [-0.4, -0.2) is 50.5 Å². The molecule has 0 saturated heterocycles. The molecule has 1 atom stereocenters. The largest absolute Gasteiger partial charge is 0.354 e. The molecule has 0 bridgehead atoms. The van der Waals surface area contributed by atoms with Crippen LogP contribution >= 0.6 is 0 Å². The SMILES string of the molecule is CCCNC(=O)[C@H](Cc1ccccc1)N(Cc1ccccc1)C(=O)CN(c1cccc(C)c1C)S(C)(=O)=O. The number of carbonyl (C=O) groups excluding carboxylic acids is 2. The number of nitrogens with one attached hydrogen (secondary N) is 1. The molecule has 202 valence electrons. The standard InChI is InChI=1S/C30H37N3O4S/c1-5-19-31-30(35)28(20-25-14-8-6-9-15-25)32(21-26-16-10-7-11-17-26)29(34)22-33(38(4,36)37)27-18-12-13-23(2)24(27)3/h6-18,28H,5,19-22H2,1-4H3,(H,31,35)/t28-/m0/s1. The highest BCUT2D eigenvalue weighted by molar-refractivity contribution is 7.92. The maximum atomic E-state index is 14.0. The number of hydrogen-bond acceptors (Lipinski definition) is 4. The monoisotopic (exact) mass is 535 g/mol. The van der Waals surface area contributed by atoms with Gasteiger partial charge in [0.1, 0.15) is 12.6 Å². The number of amides is 2. The third kappa shape index (κ3) is 7.68. The zero-order valence-corrected chi connectivity index (χ0v) is 23.4. The highest BCUT2D eigenvalue weighted by Crippen LogP contribution is 2.26. The average Bonchev–Trinajstić information content (AvgIpc) is 2.90. The van der Waals surface area contributed by atoms with Crippen molar-refractivity contribution in [3.8, 4) is 0 Å². The lowest BCUT2D eigenvalue weighted by Gasteiger charge is -2.34. The predicted molar refractivity (Wildman–Crippen MR) is 152 cm³/mol. The molecule has 3 aromatic rings. The van der Waals surface area contributed by atoms with Gasteiger partial charge in [-0.2, -0.15) is 0 Å². The van der Waals surface area contributed by atoms with E-state index in [2.05, 4.69) is 5.32 Å². The van der Waals surface area contributed by atoms with Gasteiger partial charge in [0, 0.05) is 19.5 Å². The van der Waals surface area contributed by atoms with Crippen LogP contribution in [0.2, 0.25) is 0 Å². The van der Waals surface area contributed by atoms with E-state index in [-0.39, 0.29) is 12.5 Å². The fraction of sp³-hybridized carbons (Fsp3) is 0.333. The molecule has 7 nitrogen and oxygen atoms in total. The minimum atomic E-state index is -3.79. The molecular formula is C30H37N3O4S. The van der Waals surface area contributed by atoms with Gasteiger partial charge in [0.15, 0.2) is 0 Å². The van der Waals surface area contributed by atoms with E-state index < -0.39 is 28.5 Å². The summed E-state index contributed by atoms with van der Waals surface area (Å²) in [6.45, 7) is 5.94. The van der Waals surface area contributed by atoms with E-state index in [1.165, 1.54) is 4.90 Å². The highest BCUT2D eigenvalue weighted by atomic mass is 32.2. The third-order valence-corrected chi connectivity index (χ3v) is 7.67. The van der Waals surface area contributed by atoms with Gasteiger partial charge in [-0.3, -0.25) is 13.9 Å². The number of anilines is 1. The van der Waals surface area contributed by atoms with Crippen LogP contribution in [0, 0.1) is 13.8 Å². The van der Waals surface area contributed by atoms with E-state index in [1.807, 2.05) is 87.5 Å². The van der Waals surface area contributed by atoms with Crippen LogP contribution in [0.3, 0.4) is 0 Å². The Balaban J connectivity index is 2.05. The second kappa shape index (κ2) is 13.2. The van der Waals surface area contributed by atoms with Crippen molar-refractivity contribution >= 4 is 27.5 Å². The Kier molecular flexibility index (Phi) is 10.1. The predicted octanol–water partition coefficient (Wildman–Crippen LogP) is 4.24.